The zero-order valence-corrected chi connectivity index (χ0v) is 17.0. The maximum atomic E-state index is 11.0. The van der Waals surface area contributed by atoms with Gasteiger partial charge in [-0.3, -0.25) is 0 Å². The van der Waals surface area contributed by atoms with E-state index in [-0.39, 0.29) is 5.56 Å². The number of aromatic carboxylic acids is 1. The molecule has 0 amide bonds. The van der Waals surface area contributed by atoms with Crippen LogP contribution in [-0.4, -0.2) is 42.4 Å². The number of rotatable bonds is 6. The zero-order chi connectivity index (χ0) is 20.9. The Labute approximate surface area is 178 Å². The molecule has 1 aliphatic rings. The minimum Gasteiger partial charge on any atom is -0.478 e. The third-order valence-corrected chi connectivity index (χ3v) is 5.79. The Morgan fingerprint density at radius 3 is 2.67 bits per heavy atom. The zero-order valence-electron chi connectivity index (χ0n) is 16.2. The van der Waals surface area contributed by atoms with E-state index < -0.39 is 5.97 Å². The molecule has 8 heteroatoms. The Morgan fingerprint density at radius 2 is 2.03 bits per heavy atom. The van der Waals surface area contributed by atoms with Crippen molar-refractivity contribution in [3.8, 4) is 16.6 Å². The monoisotopic (exact) mass is 420 g/mol. The van der Waals surface area contributed by atoms with Gasteiger partial charge in [0.1, 0.15) is 17.5 Å². The van der Waals surface area contributed by atoms with Crippen molar-refractivity contribution in [2.75, 3.05) is 36.5 Å². The predicted molar refractivity (Wildman–Crippen MR) is 116 cm³/mol. The van der Waals surface area contributed by atoms with Crippen LogP contribution < -0.4 is 10.2 Å². The molecule has 0 bridgehead atoms. The van der Waals surface area contributed by atoms with Crippen molar-refractivity contribution in [2.24, 2.45) is 0 Å². The van der Waals surface area contributed by atoms with Crippen molar-refractivity contribution in [1.29, 1.82) is 5.26 Å². The molecule has 1 saturated heterocycles. The van der Waals surface area contributed by atoms with E-state index in [4.69, 9.17) is 14.8 Å². The highest BCUT2D eigenvalue weighted by atomic mass is 32.1. The van der Waals surface area contributed by atoms with Crippen LogP contribution in [-0.2, 0) is 11.3 Å². The number of thiophene rings is 1. The Morgan fingerprint density at radius 1 is 1.27 bits per heavy atom. The standard InChI is InChI=1S/C22H20N4O3S/c23-13-17-19(26-7-9-29-10-8-26)12-18(20-2-1-11-30-20)25-21(17)24-14-15-3-5-16(6-4-15)22(27)28/h1-6,11-12H,7-10,14H2,(H,24,25)(H,27,28). The van der Waals surface area contributed by atoms with Crippen LogP contribution in [0.4, 0.5) is 11.5 Å². The first kappa shape index (κ1) is 19.9. The average molecular weight is 420 g/mol. The summed E-state index contributed by atoms with van der Waals surface area (Å²) < 4.78 is 5.46. The Balaban J connectivity index is 1.67. The van der Waals surface area contributed by atoms with E-state index in [1.165, 1.54) is 0 Å². The van der Waals surface area contributed by atoms with Crippen molar-refractivity contribution < 1.29 is 14.6 Å². The molecule has 0 spiro atoms. The van der Waals surface area contributed by atoms with E-state index >= 15 is 0 Å². The lowest BCUT2D eigenvalue weighted by atomic mass is 10.1. The summed E-state index contributed by atoms with van der Waals surface area (Å²) in [7, 11) is 0. The lowest BCUT2D eigenvalue weighted by molar-refractivity contribution is 0.0697. The van der Waals surface area contributed by atoms with Gasteiger partial charge in [0, 0.05) is 19.6 Å². The molecule has 0 unspecified atom stereocenters. The van der Waals surface area contributed by atoms with Crippen LogP contribution in [0, 0.1) is 11.3 Å². The SMILES string of the molecule is N#Cc1c(N2CCOCC2)cc(-c2cccs2)nc1NCc1ccc(C(=O)O)cc1. The molecule has 2 N–H and O–H groups in total. The van der Waals surface area contributed by atoms with Crippen molar-refractivity contribution in [3.05, 3.63) is 64.5 Å². The van der Waals surface area contributed by atoms with Crippen LogP contribution >= 0.6 is 11.3 Å². The average Bonchev–Trinajstić information content (AvgIpc) is 3.33. The van der Waals surface area contributed by atoms with Crippen molar-refractivity contribution in [3.63, 3.8) is 0 Å². The van der Waals surface area contributed by atoms with Gasteiger partial charge in [-0.2, -0.15) is 5.26 Å². The first-order valence-electron chi connectivity index (χ1n) is 9.53. The van der Waals surface area contributed by atoms with Gasteiger partial charge in [0.05, 0.1) is 35.0 Å². The number of benzene rings is 1. The second-order valence-electron chi connectivity index (χ2n) is 6.79. The summed E-state index contributed by atoms with van der Waals surface area (Å²) in [4.78, 5) is 19.0. The number of morpholine rings is 1. The number of pyridine rings is 1. The molecule has 0 saturated carbocycles. The van der Waals surface area contributed by atoms with Crippen molar-refractivity contribution in [2.45, 2.75) is 6.54 Å². The van der Waals surface area contributed by atoms with Crippen molar-refractivity contribution >= 4 is 28.8 Å². The number of carboxylic acids is 1. The van der Waals surface area contributed by atoms with Crippen LogP contribution in [0.25, 0.3) is 10.6 Å². The summed E-state index contributed by atoms with van der Waals surface area (Å²) in [5, 5.41) is 24.2. The van der Waals surface area contributed by atoms with Crippen LogP contribution in [0.15, 0.2) is 47.8 Å². The highest BCUT2D eigenvalue weighted by Crippen LogP contribution is 2.33. The van der Waals surface area contributed by atoms with E-state index in [1.807, 2.05) is 23.6 Å². The second kappa shape index (κ2) is 8.95. The highest BCUT2D eigenvalue weighted by molar-refractivity contribution is 7.13. The quantitative estimate of drug-likeness (QED) is 0.625. The molecule has 152 valence electrons. The van der Waals surface area contributed by atoms with Gasteiger partial charge in [-0.25, -0.2) is 9.78 Å². The topological polar surface area (TPSA) is 98.5 Å². The highest BCUT2D eigenvalue weighted by Gasteiger charge is 2.20. The van der Waals surface area contributed by atoms with E-state index in [0.29, 0.717) is 31.1 Å². The van der Waals surface area contributed by atoms with E-state index in [1.54, 1.807) is 35.6 Å². The van der Waals surface area contributed by atoms with Gasteiger partial charge < -0.3 is 20.1 Å². The number of ether oxygens (including phenoxy) is 1. The molecule has 0 atom stereocenters. The van der Waals surface area contributed by atoms with E-state index in [2.05, 4.69) is 16.3 Å². The molecule has 0 radical (unpaired) electrons. The Kier molecular flexibility index (Phi) is 5.93. The smallest absolute Gasteiger partial charge is 0.335 e. The molecule has 0 aliphatic carbocycles. The lowest BCUT2D eigenvalue weighted by Gasteiger charge is -2.30. The number of carboxylic acid groups (broad SMARTS) is 1. The molecule has 3 aromatic rings. The first-order chi connectivity index (χ1) is 14.7. The molecule has 1 aromatic carbocycles. The van der Waals surface area contributed by atoms with Crippen LogP contribution in [0.1, 0.15) is 21.5 Å². The normalized spacial score (nSPS) is 13.6. The van der Waals surface area contributed by atoms with Gasteiger partial charge in [0.2, 0.25) is 0 Å². The number of carbonyl (C=O) groups is 1. The molecular weight excluding hydrogens is 400 g/mol. The van der Waals surface area contributed by atoms with Gasteiger partial charge >= 0.3 is 5.97 Å². The summed E-state index contributed by atoms with van der Waals surface area (Å²) >= 11 is 1.60. The first-order valence-corrected chi connectivity index (χ1v) is 10.4. The molecule has 2 aromatic heterocycles. The van der Waals surface area contributed by atoms with E-state index in [9.17, 15) is 10.1 Å². The van der Waals surface area contributed by atoms with Crippen LogP contribution in [0.5, 0.6) is 0 Å². The second-order valence-corrected chi connectivity index (χ2v) is 7.74. The summed E-state index contributed by atoms with van der Waals surface area (Å²) in [5.74, 6) is -0.436. The number of nitrogens with one attached hydrogen (secondary N) is 1. The van der Waals surface area contributed by atoms with Gasteiger partial charge in [-0.1, -0.05) is 18.2 Å². The Bertz CT molecular complexity index is 1070. The fraction of sp³-hybridized carbons (Fsp3) is 0.227. The summed E-state index contributed by atoms with van der Waals surface area (Å²) in [6, 6.07) is 14.9. The van der Waals surface area contributed by atoms with Crippen LogP contribution in [0.3, 0.4) is 0 Å². The van der Waals surface area contributed by atoms with Crippen LogP contribution in [0.2, 0.25) is 0 Å². The van der Waals surface area contributed by atoms with Gasteiger partial charge in [-0.15, -0.1) is 11.3 Å². The van der Waals surface area contributed by atoms with E-state index in [0.717, 1.165) is 34.9 Å². The summed E-state index contributed by atoms with van der Waals surface area (Å²) in [6.45, 7) is 3.12. The number of hydrogen-bond donors (Lipinski definition) is 2. The number of anilines is 2. The minimum absolute atomic E-state index is 0.240. The van der Waals surface area contributed by atoms with Gasteiger partial charge in [-0.05, 0) is 35.2 Å². The minimum atomic E-state index is -0.957. The number of nitrogens with zero attached hydrogens (tertiary/aromatic N) is 3. The van der Waals surface area contributed by atoms with Crippen molar-refractivity contribution in [1.82, 2.24) is 4.98 Å². The maximum Gasteiger partial charge on any atom is 0.335 e. The molecule has 4 rings (SSSR count). The summed E-state index contributed by atoms with van der Waals surface area (Å²) in [5.41, 5.74) is 3.31. The molecule has 30 heavy (non-hydrogen) atoms. The predicted octanol–water partition coefficient (Wildman–Crippen LogP) is 3.83. The largest absolute Gasteiger partial charge is 0.478 e. The molecular formula is C22H20N4O3S. The summed E-state index contributed by atoms with van der Waals surface area (Å²) in [6.07, 6.45) is 0. The Hall–Kier alpha value is -3.41. The number of nitriles is 1. The molecule has 3 heterocycles. The fourth-order valence-electron chi connectivity index (χ4n) is 3.32. The lowest BCUT2D eigenvalue weighted by Crippen LogP contribution is -2.36. The molecule has 1 aliphatic heterocycles. The molecule has 7 nitrogen and oxygen atoms in total. The fourth-order valence-corrected chi connectivity index (χ4v) is 4.01. The van der Waals surface area contributed by atoms with Gasteiger partial charge in [0.25, 0.3) is 0 Å². The van der Waals surface area contributed by atoms with Gasteiger partial charge in [0.15, 0.2) is 0 Å². The number of aromatic nitrogens is 1. The maximum absolute atomic E-state index is 11.0. The third kappa shape index (κ3) is 4.27. The third-order valence-electron chi connectivity index (χ3n) is 4.90. The molecule has 1 fully saturated rings. The number of hydrogen-bond acceptors (Lipinski definition) is 7.